The first-order chi connectivity index (χ1) is 14.9. The molecule has 0 radical (unpaired) electrons. The number of hydrogen-bond donors (Lipinski definition) is 1. The van der Waals surface area contributed by atoms with E-state index in [4.69, 9.17) is 16.3 Å². The molecule has 1 saturated heterocycles. The summed E-state index contributed by atoms with van der Waals surface area (Å²) in [6, 6.07) is 13.4. The molecule has 0 saturated carbocycles. The lowest BCUT2D eigenvalue weighted by Crippen LogP contribution is -2.50. The topological polar surface area (TPSA) is 65.1 Å². The SMILES string of the molecule is CN(C)c1cccc(NC(=O)CN2CCC(N3C(=O)OCc4cc(Cl)ccc43)CC2)c1. The van der Waals surface area contributed by atoms with Crippen LogP contribution in [0.1, 0.15) is 18.4 Å². The summed E-state index contributed by atoms with van der Waals surface area (Å²) >= 11 is 6.09. The number of hydrogen-bond acceptors (Lipinski definition) is 5. The minimum Gasteiger partial charge on any atom is -0.444 e. The lowest BCUT2D eigenvalue weighted by Gasteiger charge is -2.40. The molecule has 0 atom stereocenters. The van der Waals surface area contributed by atoms with E-state index in [-0.39, 0.29) is 24.6 Å². The Balaban J connectivity index is 1.33. The van der Waals surface area contributed by atoms with Gasteiger partial charge in [-0.1, -0.05) is 17.7 Å². The van der Waals surface area contributed by atoms with Crippen LogP contribution in [0.4, 0.5) is 21.9 Å². The number of cyclic esters (lactones) is 1. The Morgan fingerprint density at radius 3 is 2.71 bits per heavy atom. The molecule has 31 heavy (non-hydrogen) atoms. The molecule has 0 bridgehead atoms. The molecule has 4 rings (SSSR count). The summed E-state index contributed by atoms with van der Waals surface area (Å²) in [5, 5.41) is 3.61. The van der Waals surface area contributed by atoms with Gasteiger partial charge in [-0.3, -0.25) is 14.6 Å². The van der Waals surface area contributed by atoms with Crippen LogP contribution in [0.25, 0.3) is 0 Å². The maximum atomic E-state index is 12.5. The quantitative estimate of drug-likeness (QED) is 0.759. The normalized spacial score (nSPS) is 17.1. The van der Waals surface area contributed by atoms with Crippen LogP contribution < -0.4 is 15.1 Å². The zero-order valence-electron chi connectivity index (χ0n) is 17.8. The van der Waals surface area contributed by atoms with Crippen molar-refractivity contribution in [1.29, 1.82) is 0 Å². The van der Waals surface area contributed by atoms with Gasteiger partial charge in [-0.2, -0.15) is 0 Å². The smallest absolute Gasteiger partial charge is 0.414 e. The lowest BCUT2D eigenvalue weighted by molar-refractivity contribution is -0.117. The number of likely N-dealkylation sites (tertiary alicyclic amines) is 1. The Kier molecular flexibility index (Phi) is 6.34. The van der Waals surface area contributed by atoms with Crippen LogP contribution in [-0.4, -0.2) is 56.7 Å². The van der Waals surface area contributed by atoms with Crippen molar-refractivity contribution in [2.24, 2.45) is 0 Å². The highest BCUT2D eigenvalue weighted by molar-refractivity contribution is 6.30. The van der Waals surface area contributed by atoms with Crippen LogP contribution in [0.5, 0.6) is 0 Å². The minimum absolute atomic E-state index is 0.0354. The van der Waals surface area contributed by atoms with Gasteiger partial charge in [0.1, 0.15) is 6.61 Å². The fourth-order valence-electron chi connectivity index (χ4n) is 4.16. The highest BCUT2D eigenvalue weighted by atomic mass is 35.5. The predicted molar refractivity (Wildman–Crippen MR) is 123 cm³/mol. The Labute approximate surface area is 187 Å². The van der Waals surface area contributed by atoms with E-state index in [9.17, 15) is 9.59 Å². The van der Waals surface area contributed by atoms with E-state index in [1.54, 1.807) is 11.0 Å². The van der Waals surface area contributed by atoms with Crippen LogP contribution >= 0.6 is 11.6 Å². The number of carbonyl (C=O) groups excluding carboxylic acids is 2. The molecule has 7 nitrogen and oxygen atoms in total. The predicted octanol–water partition coefficient (Wildman–Crippen LogP) is 3.97. The molecule has 0 unspecified atom stereocenters. The van der Waals surface area contributed by atoms with Gasteiger partial charge in [0.25, 0.3) is 0 Å². The number of benzene rings is 2. The third-order valence-electron chi connectivity index (χ3n) is 5.78. The van der Waals surface area contributed by atoms with Crippen molar-refractivity contribution < 1.29 is 14.3 Å². The monoisotopic (exact) mass is 442 g/mol. The van der Waals surface area contributed by atoms with Crippen LogP contribution in [0.15, 0.2) is 42.5 Å². The number of rotatable bonds is 5. The van der Waals surface area contributed by atoms with Gasteiger partial charge in [-0.15, -0.1) is 0 Å². The zero-order valence-corrected chi connectivity index (χ0v) is 18.6. The van der Waals surface area contributed by atoms with Gasteiger partial charge in [0.2, 0.25) is 5.91 Å². The van der Waals surface area contributed by atoms with E-state index in [2.05, 4.69) is 10.2 Å². The largest absolute Gasteiger partial charge is 0.444 e. The molecule has 1 N–H and O–H groups in total. The highest BCUT2D eigenvalue weighted by Crippen LogP contribution is 2.33. The second-order valence-corrected chi connectivity index (χ2v) is 8.63. The Morgan fingerprint density at radius 1 is 1.19 bits per heavy atom. The summed E-state index contributed by atoms with van der Waals surface area (Å²) in [6.45, 7) is 2.06. The molecule has 0 spiro atoms. The molecule has 2 aliphatic rings. The number of nitrogens with zero attached hydrogens (tertiary/aromatic N) is 3. The van der Waals surface area contributed by atoms with Gasteiger partial charge in [-0.05, 0) is 49.2 Å². The van der Waals surface area contributed by atoms with E-state index in [1.807, 2.05) is 55.4 Å². The Morgan fingerprint density at radius 2 is 1.97 bits per heavy atom. The molecule has 2 aromatic rings. The second kappa shape index (κ2) is 9.16. The fraction of sp³-hybridized carbons (Fsp3) is 0.391. The molecule has 2 heterocycles. The lowest BCUT2D eigenvalue weighted by atomic mass is 10.0. The van der Waals surface area contributed by atoms with Crippen molar-refractivity contribution in [2.75, 3.05) is 48.8 Å². The van der Waals surface area contributed by atoms with Crippen molar-refractivity contribution in [1.82, 2.24) is 4.90 Å². The first-order valence-electron chi connectivity index (χ1n) is 10.4. The molecular formula is C23H27ClN4O3. The molecule has 0 aliphatic carbocycles. The molecule has 2 aromatic carbocycles. The molecule has 8 heteroatoms. The van der Waals surface area contributed by atoms with Crippen molar-refractivity contribution in [2.45, 2.75) is 25.5 Å². The summed E-state index contributed by atoms with van der Waals surface area (Å²) in [5.41, 5.74) is 3.62. The fourth-order valence-corrected chi connectivity index (χ4v) is 4.35. The average Bonchev–Trinajstić information content (AvgIpc) is 2.75. The highest BCUT2D eigenvalue weighted by Gasteiger charge is 2.34. The second-order valence-electron chi connectivity index (χ2n) is 8.20. The van der Waals surface area contributed by atoms with Gasteiger partial charge < -0.3 is 15.0 Å². The number of fused-ring (bicyclic) bond motifs is 1. The Hall–Kier alpha value is -2.77. The summed E-state index contributed by atoms with van der Waals surface area (Å²) < 4.78 is 5.36. The third kappa shape index (κ3) is 4.94. The number of halogens is 1. The molecule has 2 amide bonds. The molecule has 0 aromatic heterocycles. The van der Waals surface area contributed by atoms with E-state index in [1.165, 1.54) is 0 Å². The van der Waals surface area contributed by atoms with Crippen LogP contribution in [0, 0.1) is 0 Å². The zero-order chi connectivity index (χ0) is 22.0. The number of amides is 2. The van der Waals surface area contributed by atoms with E-state index < -0.39 is 0 Å². The maximum absolute atomic E-state index is 12.5. The summed E-state index contributed by atoms with van der Waals surface area (Å²) in [4.78, 5) is 30.9. The van der Waals surface area contributed by atoms with Gasteiger partial charge >= 0.3 is 6.09 Å². The first kappa shape index (κ1) is 21.5. The molecule has 164 valence electrons. The van der Waals surface area contributed by atoms with Crippen LogP contribution in [-0.2, 0) is 16.1 Å². The molecule has 1 fully saturated rings. The van der Waals surface area contributed by atoms with Crippen molar-refractivity contribution in [3.8, 4) is 0 Å². The maximum Gasteiger partial charge on any atom is 0.414 e. The summed E-state index contributed by atoms with van der Waals surface area (Å²) in [7, 11) is 3.94. The molecule has 2 aliphatic heterocycles. The van der Waals surface area contributed by atoms with E-state index >= 15 is 0 Å². The number of carbonyl (C=O) groups is 2. The number of piperidine rings is 1. The van der Waals surface area contributed by atoms with Gasteiger partial charge in [0, 0.05) is 55.2 Å². The van der Waals surface area contributed by atoms with Crippen molar-refractivity contribution in [3.05, 3.63) is 53.1 Å². The van der Waals surface area contributed by atoms with Gasteiger partial charge in [0.15, 0.2) is 0 Å². The van der Waals surface area contributed by atoms with E-state index in [0.717, 1.165) is 48.6 Å². The first-order valence-corrected chi connectivity index (χ1v) is 10.8. The Bertz CT molecular complexity index is 973. The molecular weight excluding hydrogens is 416 g/mol. The van der Waals surface area contributed by atoms with E-state index in [0.29, 0.717) is 11.6 Å². The van der Waals surface area contributed by atoms with Crippen molar-refractivity contribution in [3.63, 3.8) is 0 Å². The van der Waals surface area contributed by atoms with Gasteiger partial charge in [0.05, 0.1) is 12.2 Å². The van der Waals surface area contributed by atoms with Crippen LogP contribution in [0.3, 0.4) is 0 Å². The number of ether oxygens (including phenoxy) is 1. The average molecular weight is 443 g/mol. The number of nitrogens with one attached hydrogen (secondary N) is 1. The minimum atomic E-state index is -0.313. The third-order valence-corrected chi connectivity index (χ3v) is 6.02. The van der Waals surface area contributed by atoms with Gasteiger partial charge in [-0.25, -0.2) is 4.79 Å². The summed E-state index contributed by atoms with van der Waals surface area (Å²) in [5.74, 6) is -0.0354. The van der Waals surface area contributed by atoms with Crippen LogP contribution in [0.2, 0.25) is 5.02 Å². The van der Waals surface area contributed by atoms with Crippen molar-refractivity contribution >= 4 is 40.7 Å². The summed E-state index contributed by atoms with van der Waals surface area (Å²) in [6.07, 6.45) is 1.24. The number of anilines is 3. The standard InChI is InChI=1S/C23H27ClN4O3/c1-26(2)20-5-3-4-18(13-20)25-22(29)14-27-10-8-19(9-11-27)28-21-7-6-17(24)12-16(21)15-31-23(28)30/h3-7,12-13,19H,8-11,14-15H2,1-2H3,(H,25,29).